The van der Waals surface area contributed by atoms with Crippen molar-refractivity contribution < 1.29 is 18.7 Å². The third-order valence-corrected chi connectivity index (χ3v) is 8.45. The number of aryl methyl sites for hydroxylation is 2. The zero-order chi connectivity index (χ0) is 26.6. The molecule has 8 heteroatoms. The topological polar surface area (TPSA) is 65.8 Å². The third kappa shape index (κ3) is 3.97. The summed E-state index contributed by atoms with van der Waals surface area (Å²) in [6, 6.07) is 10.2. The third-order valence-electron chi connectivity index (χ3n) is 8.45. The maximum Gasteiger partial charge on any atom is 0.278 e. The SMILES string of the molecule is CCCCC1CCN2C(=O)c3c(O)c(=O)ccn3N(C3c4ccc(F)cc4CCc4cc(F)ccc43)C2C1. The minimum absolute atomic E-state index is 0.0719. The van der Waals surface area contributed by atoms with Crippen LogP contribution in [0.15, 0.2) is 53.5 Å². The number of hydrogen-bond donors (Lipinski definition) is 1. The van der Waals surface area contributed by atoms with Crippen molar-refractivity contribution in [1.29, 1.82) is 0 Å². The van der Waals surface area contributed by atoms with E-state index in [9.17, 15) is 23.5 Å². The van der Waals surface area contributed by atoms with E-state index in [1.54, 1.807) is 27.9 Å². The molecule has 0 radical (unpaired) electrons. The molecule has 198 valence electrons. The highest BCUT2D eigenvalue weighted by Gasteiger charge is 2.46. The van der Waals surface area contributed by atoms with Crippen LogP contribution in [0, 0.1) is 17.6 Å². The Balaban J connectivity index is 1.60. The van der Waals surface area contributed by atoms with Crippen molar-refractivity contribution in [2.45, 2.75) is 64.1 Å². The monoisotopic (exact) mass is 519 g/mol. The molecule has 1 saturated heterocycles. The normalized spacial score (nSPS) is 20.9. The van der Waals surface area contributed by atoms with Crippen LogP contribution < -0.4 is 10.4 Å². The highest BCUT2D eigenvalue weighted by Crippen LogP contribution is 2.43. The zero-order valence-electron chi connectivity index (χ0n) is 21.4. The second-order valence-corrected chi connectivity index (χ2v) is 10.7. The van der Waals surface area contributed by atoms with E-state index in [0.29, 0.717) is 25.3 Å². The van der Waals surface area contributed by atoms with Gasteiger partial charge in [-0.25, -0.2) is 8.78 Å². The second-order valence-electron chi connectivity index (χ2n) is 10.7. The molecule has 1 amide bonds. The Morgan fingerprint density at radius 3 is 2.26 bits per heavy atom. The number of halogens is 2. The summed E-state index contributed by atoms with van der Waals surface area (Å²) in [5, 5.41) is 12.8. The smallest absolute Gasteiger partial charge is 0.278 e. The molecule has 2 atom stereocenters. The number of carbonyl (C=O) groups is 1. The van der Waals surface area contributed by atoms with Crippen LogP contribution in [0.3, 0.4) is 0 Å². The quantitative estimate of drug-likeness (QED) is 0.525. The van der Waals surface area contributed by atoms with Crippen molar-refractivity contribution in [2.75, 3.05) is 11.6 Å². The van der Waals surface area contributed by atoms with Gasteiger partial charge in [-0.1, -0.05) is 38.3 Å². The number of fused-ring (bicyclic) bond motifs is 4. The molecule has 1 N–H and O–H groups in total. The lowest BCUT2D eigenvalue weighted by Gasteiger charge is -2.53. The van der Waals surface area contributed by atoms with Gasteiger partial charge in [0, 0.05) is 18.8 Å². The van der Waals surface area contributed by atoms with Crippen molar-refractivity contribution in [3.8, 4) is 5.75 Å². The summed E-state index contributed by atoms with van der Waals surface area (Å²) in [7, 11) is 0. The van der Waals surface area contributed by atoms with Crippen LogP contribution in [0.25, 0.3) is 0 Å². The summed E-state index contributed by atoms with van der Waals surface area (Å²) in [6.07, 6.45) is 7.09. The molecule has 1 aromatic heterocycles. The van der Waals surface area contributed by atoms with Crippen LogP contribution in [0.5, 0.6) is 5.75 Å². The molecular weight excluding hydrogens is 488 g/mol. The van der Waals surface area contributed by atoms with E-state index < -0.39 is 17.2 Å². The van der Waals surface area contributed by atoms with Gasteiger partial charge in [0.05, 0.1) is 6.04 Å². The van der Waals surface area contributed by atoms with E-state index in [4.69, 9.17) is 0 Å². The Bertz CT molecular complexity index is 1420. The summed E-state index contributed by atoms with van der Waals surface area (Å²) < 4.78 is 30.4. The number of benzene rings is 2. The summed E-state index contributed by atoms with van der Waals surface area (Å²) in [6.45, 7) is 2.68. The average molecular weight is 520 g/mol. The largest absolute Gasteiger partial charge is 0.502 e. The predicted octanol–water partition coefficient (Wildman–Crippen LogP) is 5.04. The second kappa shape index (κ2) is 9.57. The van der Waals surface area contributed by atoms with Gasteiger partial charge in [-0.15, -0.1) is 0 Å². The van der Waals surface area contributed by atoms with Gasteiger partial charge < -0.3 is 10.0 Å². The molecule has 0 bridgehead atoms. The van der Waals surface area contributed by atoms with E-state index in [2.05, 4.69) is 6.92 Å². The van der Waals surface area contributed by atoms with Gasteiger partial charge in [-0.2, -0.15) is 0 Å². The molecule has 6 nitrogen and oxygen atoms in total. The fourth-order valence-corrected chi connectivity index (χ4v) is 6.58. The molecule has 38 heavy (non-hydrogen) atoms. The first-order valence-corrected chi connectivity index (χ1v) is 13.5. The van der Waals surface area contributed by atoms with Crippen molar-refractivity contribution in [3.63, 3.8) is 0 Å². The van der Waals surface area contributed by atoms with E-state index in [0.717, 1.165) is 54.4 Å². The molecule has 3 aliphatic rings. The van der Waals surface area contributed by atoms with Crippen LogP contribution in [0.2, 0.25) is 0 Å². The van der Waals surface area contributed by atoms with Crippen molar-refractivity contribution in [1.82, 2.24) is 9.58 Å². The molecule has 2 aliphatic heterocycles. The number of aromatic hydroxyl groups is 1. The molecule has 0 spiro atoms. The number of carbonyl (C=O) groups excluding carboxylic acids is 1. The Kier molecular flexibility index (Phi) is 6.20. The number of rotatable bonds is 4. The van der Waals surface area contributed by atoms with E-state index >= 15 is 0 Å². The van der Waals surface area contributed by atoms with Crippen LogP contribution in [-0.2, 0) is 12.8 Å². The van der Waals surface area contributed by atoms with Gasteiger partial charge in [0.2, 0.25) is 5.43 Å². The standard InChI is InChI=1S/C30H31F2N3O3/c1-2-3-4-18-11-13-33-26(15-18)35(34-14-12-25(36)29(37)28(34)30(33)38)27-23-9-7-21(31)16-19(23)5-6-20-17-22(32)8-10-24(20)27/h7-10,12,14,16-18,26-27,37H,2-6,11,13,15H2,1H3. The molecule has 0 saturated carbocycles. The van der Waals surface area contributed by atoms with Gasteiger partial charge in [0.15, 0.2) is 11.4 Å². The summed E-state index contributed by atoms with van der Waals surface area (Å²) >= 11 is 0. The van der Waals surface area contributed by atoms with Gasteiger partial charge in [0.25, 0.3) is 5.91 Å². The number of amides is 1. The highest BCUT2D eigenvalue weighted by atomic mass is 19.1. The van der Waals surface area contributed by atoms with Crippen molar-refractivity contribution in [2.24, 2.45) is 5.92 Å². The minimum Gasteiger partial charge on any atom is -0.502 e. The Morgan fingerprint density at radius 1 is 0.974 bits per heavy atom. The lowest BCUT2D eigenvalue weighted by molar-refractivity contribution is 0.0368. The lowest BCUT2D eigenvalue weighted by atomic mass is 9.86. The van der Waals surface area contributed by atoms with Crippen LogP contribution in [0.4, 0.5) is 8.78 Å². The fraction of sp³-hybridized carbons (Fsp3) is 0.400. The average Bonchev–Trinajstić information content (AvgIpc) is 3.06. The highest BCUT2D eigenvalue weighted by molar-refractivity contribution is 5.96. The first-order chi connectivity index (χ1) is 18.4. The lowest BCUT2D eigenvalue weighted by Crippen LogP contribution is -2.64. The summed E-state index contributed by atoms with van der Waals surface area (Å²) in [5.41, 5.74) is 2.68. The first-order valence-electron chi connectivity index (χ1n) is 13.5. The van der Waals surface area contributed by atoms with Crippen LogP contribution in [0.1, 0.15) is 77.8 Å². The molecule has 3 aromatic rings. The zero-order valence-corrected chi connectivity index (χ0v) is 21.4. The molecule has 6 rings (SSSR count). The fourth-order valence-electron chi connectivity index (χ4n) is 6.58. The van der Waals surface area contributed by atoms with E-state index in [1.807, 2.05) is 5.01 Å². The summed E-state index contributed by atoms with van der Waals surface area (Å²) in [5.74, 6) is -1.22. The van der Waals surface area contributed by atoms with E-state index in [-0.39, 0.29) is 29.4 Å². The number of piperidine rings is 1. The van der Waals surface area contributed by atoms with Crippen LogP contribution >= 0.6 is 0 Å². The Labute approximate surface area is 220 Å². The number of aromatic nitrogens is 1. The molecule has 3 heterocycles. The summed E-state index contributed by atoms with van der Waals surface area (Å²) in [4.78, 5) is 27.9. The maximum absolute atomic E-state index is 14.4. The molecule has 2 unspecified atom stereocenters. The number of pyridine rings is 1. The number of nitrogens with zero attached hydrogens (tertiary/aromatic N) is 3. The van der Waals surface area contributed by atoms with Crippen molar-refractivity contribution >= 4 is 5.91 Å². The molecule has 1 fully saturated rings. The van der Waals surface area contributed by atoms with Crippen molar-refractivity contribution in [3.05, 3.63) is 98.5 Å². The van der Waals surface area contributed by atoms with Gasteiger partial charge in [0.1, 0.15) is 17.8 Å². The maximum atomic E-state index is 14.4. The van der Waals surface area contributed by atoms with Gasteiger partial charge >= 0.3 is 0 Å². The first kappa shape index (κ1) is 24.6. The number of hydrogen-bond acceptors (Lipinski definition) is 4. The van der Waals surface area contributed by atoms with E-state index in [1.165, 1.54) is 30.3 Å². The molecule has 1 aliphatic carbocycles. The van der Waals surface area contributed by atoms with Gasteiger partial charge in [-0.05, 0) is 78.1 Å². The Hall–Kier alpha value is -3.68. The van der Waals surface area contributed by atoms with Crippen LogP contribution in [-0.4, -0.2) is 33.3 Å². The minimum atomic E-state index is -0.619. The van der Waals surface area contributed by atoms with Gasteiger partial charge in [-0.3, -0.25) is 19.3 Å². The number of unbranched alkanes of at least 4 members (excludes halogenated alkanes) is 1. The molecule has 2 aromatic carbocycles. The predicted molar refractivity (Wildman–Crippen MR) is 140 cm³/mol. The molecular formula is C30H31F2N3O3. The Morgan fingerprint density at radius 2 is 1.63 bits per heavy atom.